The van der Waals surface area contributed by atoms with Gasteiger partial charge >= 0.3 is 11.9 Å². The number of rotatable bonds is 17. The molecule has 10 N–H and O–H groups in total. The van der Waals surface area contributed by atoms with Crippen molar-refractivity contribution in [3.63, 3.8) is 0 Å². The van der Waals surface area contributed by atoms with Gasteiger partial charge in [-0.2, -0.15) is 0 Å². The molecule has 0 aliphatic heterocycles. The second-order valence-corrected chi connectivity index (χ2v) is 9.57. The number of aromatic hydroxyl groups is 1. The van der Waals surface area contributed by atoms with E-state index in [0.29, 0.717) is 5.56 Å². The van der Waals surface area contributed by atoms with E-state index in [4.69, 9.17) is 16.6 Å². The number of hydrogen-bond acceptors (Lipinski definition) is 8. The van der Waals surface area contributed by atoms with Crippen molar-refractivity contribution in [3.05, 3.63) is 29.8 Å². The molecule has 4 atom stereocenters. The molecule has 1 rings (SSSR count). The summed E-state index contributed by atoms with van der Waals surface area (Å²) in [4.78, 5) is 72.4. The van der Waals surface area contributed by atoms with Crippen molar-refractivity contribution in [2.24, 2.45) is 17.4 Å². The molecular weight excluding hydrogens is 514 g/mol. The van der Waals surface area contributed by atoms with E-state index in [-0.39, 0.29) is 43.8 Å². The van der Waals surface area contributed by atoms with Gasteiger partial charge in [0.15, 0.2) is 0 Å². The minimum absolute atomic E-state index is 0.0317. The molecule has 0 aromatic heterocycles. The number of primary amides is 1. The lowest BCUT2D eigenvalue weighted by Crippen LogP contribution is -2.58. The summed E-state index contributed by atoms with van der Waals surface area (Å²) in [5.41, 5.74) is 11.4. The number of nitrogens with one attached hydrogen (secondary N) is 3. The average molecular weight is 552 g/mol. The zero-order valence-corrected chi connectivity index (χ0v) is 21.9. The molecule has 4 unspecified atom stereocenters. The van der Waals surface area contributed by atoms with Gasteiger partial charge in [-0.3, -0.25) is 24.0 Å². The standard InChI is InChI=1S/C25H37N5O9/c1-13(2)11-18(29-22(35)16(26)7-9-20(27)32)23(36)30-19(12-14-3-5-15(31)6-4-14)24(37)28-17(25(38)39)8-10-21(33)34/h3-6,13,16-19,31H,7-12,26H2,1-2H3,(H2,27,32)(H,28,37)(H,29,35)(H,30,36)(H,33,34)(H,38,39). The summed E-state index contributed by atoms with van der Waals surface area (Å²) in [7, 11) is 0. The van der Waals surface area contributed by atoms with Crippen molar-refractivity contribution < 1.29 is 44.1 Å². The maximum atomic E-state index is 13.2. The van der Waals surface area contributed by atoms with E-state index in [2.05, 4.69) is 16.0 Å². The van der Waals surface area contributed by atoms with Crippen molar-refractivity contribution >= 4 is 35.6 Å². The van der Waals surface area contributed by atoms with E-state index in [1.165, 1.54) is 24.3 Å². The van der Waals surface area contributed by atoms with Gasteiger partial charge in [0.05, 0.1) is 6.04 Å². The Morgan fingerprint density at radius 1 is 0.795 bits per heavy atom. The number of nitrogens with two attached hydrogens (primary N) is 2. The van der Waals surface area contributed by atoms with Crippen LogP contribution in [0.15, 0.2) is 24.3 Å². The lowest BCUT2D eigenvalue weighted by atomic mass is 10.00. The minimum atomic E-state index is -1.53. The van der Waals surface area contributed by atoms with E-state index in [1.807, 2.05) is 0 Å². The fourth-order valence-corrected chi connectivity index (χ4v) is 3.56. The minimum Gasteiger partial charge on any atom is -0.508 e. The van der Waals surface area contributed by atoms with E-state index < -0.39 is 66.2 Å². The lowest BCUT2D eigenvalue weighted by molar-refractivity contribution is -0.143. The first-order chi connectivity index (χ1) is 18.2. The highest BCUT2D eigenvalue weighted by Gasteiger charge is 2.31. The van der Waals surface area contributed by atoms with Crippen LogP contribution in [0.3, 0.4) is 0 Å². The molecule has 0 aliphatic rings. The number of carbonyl (C=O) groups is 6. The van der Waals surface area contributed by atoms with Crippen LogP contribution in [-0.4, -0.2) is 75.1 Å². The molecule has 14 nitrogen and oxygen atoms in total. The number of phenols is 1. The third-order valence-electron chi connectivity index (χ3n) is 5.65. The molecule has 0 radical (unpaired) electrons. The largest absolute Gasteiger partial charge is 0.508 e. The molecular formula is C25H37N5O9. The maximum absolute atomic E-state index is 13.2. The van der Waals surface area contributed by atoms with Crippen LogP contribution in [-0.2, 0) is 35.2 Å². The molecule has 0 bridgehead atoms. The Hall–Kier alpha value is -4.20. The van der Waals surface area contributed by atoms with Crippen molar-refractivity contribution in [3.8, 4) is 5.75 Å². The van der Waals surface area contributed by atoms with Gasteiger partial charge in [0.1, 0.15) is 23.9 Å². The molecule has 0 saturated carbocycles. The Bertz CT molecular complexity index is 1030. The number of carbonyl (C=O) groups excluding carboxylic acids is 4. The molecule has 0 aliphatic carbocycles. The molecule has 39 heavy (non-hydrogen) atoms. The van der Waals surface area contributed by atoms with Crippen LogP contribution >= 0.6 is 0 Å². The van der Waals surface area contributed by atoms with Crippen LogP contribution in [0, 0.1) is 5.92 Å². The first-order valence-corrected chi connectivity index (χ1v) is 12.4. The monoisotopic (exact) mass is 551 g/mol. The Labute approximate surface area is 225 Å². The topological polar surface area (TPSA) is 251 Å². The normalized spacial score (nSPS) is 13.9. The highest BCUT2D eigenvalue weighted by Crippen LogP contribution is 2.13. The number of hydrogen-bond donors (Lipinski definition) is 8. The Balaban J connectivity index is 3.14. The van der Waals surface area contributed by atoms with Gasteiger partial charge in [-0.1, -0.05) is 26.0 Å². The molecule has 0 saturated heterocycles. The average Bonchev–Trinajstić information content (AvgIpc) is 2.84. The van der Waals surface area contributed by atoms with Gasteiger partial charge in [0.25, 0.3) is 0 Å². The zero-order valence-electron chi connectivity index (χ0n) is 21.9. The Morgan fingerprint density at radius 2 is 1.33 bits per heavy atom. The van der Waals surface area contributed by atoms with Crippen LogP contribution < -0.4 is 27.4 Å². The van der Waals surface area contributed by atoms with Gasteiger partial charge in [-0.15, -0.1) is 0 Å². The first kappa shape index (κ1) is 32.8. The summed E-state index contributed by atoms with van der Waals surface area (Å²) in [6.07, 6.45) is -0.989. The van der Waals surface area contributed by atoms with Crippen molar-refractivity contribution in [1.82, 2.24) is 16.0 Å². The van der Waals surface area contributed by atoms with Crippen LogP contribution in [0.25, 0.3) is 0 Å². The lowest BCUT2D eigenvalue weighted by Gasteiger charge is -2.26. The number of benzene rings is 1. The Morgan fingerprint density at radius 3 is 1.85 bits per heavy atom. The SMILES string of the molecule is CC(C)CC(NC(=O)C(N)CCC(N)=O)C(=O)NC(Cc1ccc(O)cc1)C(=O)NC(CCC(=O)O)C(=O)O. The van der Waals surface area contributed by atoms with E-state index >= 15 is 0 Å². The van der Waals surface area contributed by atoms with Crippen molar-refractivity contribution in [1.29, 1.82) is 0 Å². The fraction of sp³-hybridized carbons (Fsp3) is 0.520. The van der Waals surface area contributed by atoms with Gasteiger partial charge < -0.3 is 42.7 Å². The molecule has 216 valence electrons. The van der Waals surface area contributed by atoms with E-state index in [9.17, 15) is 39.0 Å². The molecule has 14 heteroatoms. The summed E-state index contributed by atoms with van der Waals surface area (Å²) >= 11 is 0. The predicted molar refractivity (Wildman–Crippen MR) is 138 cm³/mol. The van der Waals surface area contributed by atoms with Crippen molar-refractivity contribution in [2.75, 3.05) is 0 Å². The molecule has 4 amide bonds. The van der Waals surface area contributed by atoms with E-state index in [0.717, 1.165) is 0 Å². The molecule has 0 heterocycles. The highest BCUT2D eigenvalue weighted by molar-refractivity contribution is 5.94. The molecule has 0 spiro atoms. The van der Waals surface area contributed by atoms with Gasteiger partial charge in [0, 0.05) is 19.3 Å². The fourth-order valence-electron chi connectivity index (χ4n) is 3.56. The van der Waals surface area contributed by atoms with Crippen LogP contribution in [0.1, 0.15) is 51.5 Å². The van der Waals surface area contributed by atoms with Crippen LogP contribution in [0.5, 0.6) is 5.75 Å². The predicted octanol–water partition coefficient (Wildman–Crippen LogP) is -1.02. The molecule has 0 fully saturated rings. The number of amides is 4. The molecule has 1 aromatic rings. The first-order valence-electron chi connectivity index (χ1n) is 12.4. The summed E-state index contributed by atoms with van der Waals surface area (Å²) in [6.45, 7) is 3.61. The summed E-state index contributed by atoms with van der Waals surface area (Å²) < 4.78 is 0. The van der Waals surface area contributed by atoms with Gasteiger partial charge in [-0.25, -0.2) is 4.79 Å². The molecule has 1 aromatic carbocycles. The highest BCUT2D eigenvalue weighted by atomic mass is 16.4. The Kier molecular flexibility index (Phi) is 13.4. The third-order valence-corrected chi connectivity index (χ3v) is 5.65. The summed E-state index contributed by atoms with van der Waals surface area (Å²) in [5, 5.41) is 35.2. The third kappa shape index (κ3) is 12.7. The van der Waals surface area contributed by atoms with Gasteiger partial charge in [0.2, 0.25) is 23.6 Å². The summed E-state index contributed by atoms with van der Waals surface area (Å²) in [6, 6.07) is 0.683. The number of phenolic OH excluding ortho intramolecular Hbond substituents is 1. The second-order valence-electron chi connectivity index (χ2n) is 9.57. The van der Waals surface area contributed by atoms with Crippen molar-refractivity contribution in [2.45, 2.75) is 76.5 Å². The smallest absolute Gasteiger partial charge is 0.326 e. The van der Waals surface area contributed by atoms with Crippen LogP contribution in [0.2, 0.25) is 0 Å². The zero-order chi connectivity index (χ0) is 29.7. The summed E-state index contributed by atoms with van der Waals surface area (Å²) in [5.74, 6) is -5.76. The number of aliphatic carboxylic acids is 2. The maximum Gasteiger partial charge on any atom is 0.326 e. The second kappa shape index (κ2) is 15.9. The quantitative estimate of drug-likeness (QED) is 0.117. The number of carboxylic acid groups (broad SMARTS) is 2. The number of carboxylic acids is 2. The van der Waals surface area contributed by atoms with Crippen LogP contribution in [0.4, 0.5) is 0 Å². The van der Waals surface area contributed by atoms with E-state index in [1.54, 1.807) is 13.8 Å². The van der Waals surface area contributed by atoms with Gasteiger partial charge in [-0.05, 0) is 42.9 Å².